The average Bonchev–Trinajstić information content (AvgIpc) is 2.66. The summed E-state index contributed by atoms with van der Waals surface area (Å²) >= 11 is 0. The molecule has 0 saturated heterocycles. The number of halogens is 1. The zero-order valence-corrected chi connectivity index (χ0v) is 9.83. The summed E-state index contributed by atoms with van der Waals surface area (Å²) in [5.41, 5.74) is 1.29. The van der Waals surface area contributed by atoms with Gasteiger partial charge in [0.15, 0.2) is 5.82 Å². The van der Waals surface area contributed by atoms with Crippen molar-refractivity contribution in [2.75, 3.05) is 11.9 Å². The number of benzene rings is 1. The summed E-state index contributed by atoms with van der Waals surface area (Å²) < 4.78 is 4.93. The van der Waals surface area contributed by atoms with Crippen LogP contribution < -0.4 is 5.32 Å². The van der Waals surface area contributed by atoms with Gasteiger partial charge in [-0.3, -0.25) is 0 Å². The molecule has 0 saturated carbocycles. The van der Waals surface area contributed by atoms with Crippen molar-refractivity contribution in [3.63, 3.8) is 0 Å². The summed E-state index contributed by atoms with van der Waals surface area (Å²) in [6.45, 7) is 2.59. The number of anilines is 1. The van der Waals surface area contributed by atoms with Gasteiger partial charge in [0.2, 0.25) is 0 Å². The fourth-order valence-electron chi connectivity index (χ4n) is 1.33. The number of hydrogen-bond donors (Lipinski definition) is 1. The van der Waals surface area contributed by atoms with Crippen molar-refractivity contribution in [3.05, 3.63) is 41.7 Å². The highest BCUT2D eigenvalue weighted by atomic mass is 35.5. The molecule has 0 radical (unpaired) electrons. The Labute approximate surface area is 100 Å². The zero-order valence-electron chi connectivity index (χ0n) is 9.01. The van der Waals surface area contributed by atoms with Crippen LogP contribution in [0.4, 0.5) is 6.01 Å². The van der Waals surface area contributed by atoms with Crippen LogP contribution in [0.1, 0.15) is 11.4 Å². The molecule has 0 amide bonds. The lowest BCUT2D eigenvalue weighted by atomic mass is 10.1. The van der Waals surface area contributed by atoms with Gasteiger partial charge in [-0.05, 0) is 18.9 Å². The number of aryl methyl sites for hydroxylation is 1. The first kappa shape index (κ1) is 12.5. The summed E-state index contributed by atoms with van der Waals surface area (Å²) in [5, 5.41) is 6.77. The molecule has 2 rings (SSSR count). The van der Waals surface area contributed by atoms with E-state index in [0.29, 0.717) is 11.8 Å². The van der Waals surface area contributed by atoms with Crippen LogP contribution in [0.5, 0.6) is 0 Å². The second kappa shape index (κ2) is 6.12. The highest BCUT2D eigenvalue weighted by molar-refractivity contribution is 5.85. The largest absolute Gasteiger partial charge is 0.337 e. The molecule has 2 aromatic rings. The molecular formula is C11H14ClN3O. The number of aromatic nitrogens is 2. The normalized spacial score (nSPS) is 9.56. The maximum atomic E-state index is 4.93. The Kier molecular flexibility index (Phi) is 4.79. The van der Waals surface area contributed by atoms with Crippen LogP contribution in [0.3, 0.4) is 0 Å². The van der Waals surface area contributed by atoms with Crippen molar-refractivity contribution >= 4 is 18.4 Å². The Balaban J connectivity index is 0.00000128. The Morgan fingerprint density at radius 1 is 1.25 bits per heavy atom. The van der Waals surface area contributed by atoms with Crippen molar-refractivity contribution in [2.24, 2.45) is 0 Å². The number of nitrogens with one attached hydrogen (secondary N) is 1. The van der Waals surface area contributed by atoms with Crippen LogP contribution in [-0.4, -0.2) is 16.7 Å². The smallest absolute Gasteiger partial charge is 0.321 e. The fourth-order valence-corrected chi connectivity index (χ4v) is 1.33. The molecule has 1 aromatic carbocycles. The number of nitrogens with zero attached hydrogens (tertiary/aromatic N) is 2. The summed E-state index contributed by atoms with van der Waals surface area (Å²) in [7, 11) is 0. The monoisotopic (exact) mass is 239 g/mol. The Morgan fingerprint density at radius 3 is 2.62 bits per heavy atom. The Hall–Kier alpha value is -1.55. The number of rotatable bonds is 4. The van der Waals surface area contributed by atoms with Gasteiger partial charge in [-0.2, -0.15) is 4.98 Å². The highest BCUT2D eigenvalue weighted by Crippen LogP contribution is 2.03. The van der Waals surface area contributed by atoms with Crippen LogP contribution in [0, 0.1) is 6.92 Å². The molecule has 5 heteroatoms. The van der Waals surface area contributed by atoms with Crippen LogP contribution in [0.2, 0.25) is 0 Å². The minimum atomic E-state index is 0. The van der Waals surface area contributed by atoms with E-state index in [1.54, 1.807) is 6.92 Å². The van der Waals surface area contributed by atoms with Gasteiger partial charge in [-0.25, -0.2) is 0 Å². The maximum absolute atomic E-state index is 4.93. The highest BCUT2D eigenvalue weighted by Gasteiger charge is 2.00. The van der Waals surface area contributed by atoms with Crippen molar-refractivity contribution in [3.8, 4) is 0 Å². The van der Waals surface area contributed by atoms with Gasteiger partial charge in [0, 0.05) is 6.54 Å². The summed E-state index contributed by atoms with van der Waals surface area (Å²) in [6, 6.07) is 10.8. The fraction of sp³-hybridized carbons (Fsp3) is 0.273. The van der Waals surface area contributed by atoms with E-state index >= 15 is 0 Å². The first-order valence-electron chi connectivity index (χ1n) is 4.93. The molecule has 0 atom stereocenters. The molecule has 0 unspecified atom stereocenters. The second-order valence-corrected chi connectivity index (χ2v) is 3.31. The molecule has 0 aliphatic rings. The third-order valence-corrected chi connectivity index (χ3v) is 2.06. The Bertz CT molecular complexity index is 416. The lowest BCUT2D eigenvalue weighted by molar-refractivity contribution is 0.425. The van der Waals surface area contributed by atoms with E-state index in [2.05, 4.69) is 27.6 Å². The molecule has 0 aliphatic carbocycles. The van der Waals surface area contributed by atoms with Crippen LogP contribution in [0.15, 0.2) is 34.9 Å². The minimum absolute atomic E-state index is 0. The molecule has 16 heavy (non-hydrogen) atoms. The summed E-state index contributed by atoms with van der Waals surface area (Å²) in [6.07, 6.45) is 0.947. The van der Waals surface area contributed by atoms with Gasteiger partial charge >= 0.3 is 6.01 Å². The predicted molar refractivity (Wildman–Crippen MR) is 64.9 cm³/mol. The molecular weight excluding hydrogens is 226 g/mol. The molecule has 1 heterocycles. The molecule has 0 bridgehead atoms. The van der Waals surface area contributed by atoms with E-state index in [9.17, 15) is 0 Å². The first-order valence-corrected chi connectivity index (χ1v) is 4.93. The van der Waals surface area contributed by atoms with Gasteiger partial charge in [0.25, 0.3) is 0 Å². The van der Waals surface area contributed by atoms with Gasteiger partial charge in [-0.1, -0.05) is 35.5 Å². The topological polar surface area (TPSA) is 51.0 Å². The van der Waals surface area contributed by atoms with Crippen molar-refractivity contribution < 1.29 is 4.52 Å². The van der Waals surface area contributed by atoms with E-state index in [1.165, 1.54) is 5.56 Å². The second-order valence-electron chi connectivity index (χ2n) is 3.31. The average molecular weight is 240 g/mol. The van der Waals surface area contributed by atoms with Crippen LogP contribution in [0.25, 0.3) is 0 Å². The SMILES string of the molecule is Cc1noc(NCCc2ccccc2)n1.Cl. The Morgan fingerprint density at radius 2 is 2.00 bits per heavy atom. The first-order chi connectivity index (χ1) is 7.34. The van der Waals surface area contributed by atoms with E-state index in [4.69, 9.17) is 4.52 Å². The van der Waals surface area contributed by atoms with Crippen LogP contribution in [-0.2, 0) is 6.42 Å². The van der Waals surface area contributed by atoms with Gasteiger partial charge in [-0.15, -0.1) is 12.4 Å². The molecule has 4 nitrogen and oxygen atoms in total. The van der Waals surface area contributed by atoms with Gasteiger partial charge in [0.05, 0.1) is 0 Å². The van der Waals surface area contributed by atoms with Gasteiger partial charge in [0.1, 0.15) is 0 Å². The predicted octanol–water partition coefficient (Wildman–Crippen LogP) is 2.45. The van der Waals surface area contributed by atoms with E-state index in [-0.39, 0.29) is 12.4 Å². The zero-order chi connectivity index (χ0) is 10.5. The summed E-state index contributed by atoms with van der Waals surface area (Å²) in [4.78, 5) is 4.05. The molecule has 0 aliphatic heterocycles. The minimum Gasteiger partial charge on any atom is -0.337 e. The van der Waals surface area contributed by atoms with Crippen molar-refractivity contribution in [2.45, 2.75) is 13.3 Å². The molecule has 86 valence electrons. The molecule has 0 fully saturated rings. The maximum Gasteiger partial charge on any atom is 0.321 e. The lowest BCUT2D eigenvalue weighted by Gasteiger charge is -2.00. The van der Waals surface area contributed by atoms with Crippen molar-refractivity contribution in [1.82, 2.24) is 10.1 Å². The standard InChI is InChI=1S/C11H13N3O.ClH/c1-9-13-11(15-14-9)12-8-7-10-5-3-2-4-6-10;/h2-6H,7-8H2,1H3,(H,12,13,14);1H. The van der Waals surface area contributed by atoms with Crippen LogP contribution >= 0.6 is 12.4 Å². The third-order valence-electron chi connectivity index (χ3n) is 2.06. The lowest BCUT2D eigenvalue weighted by Crippen LogP contribution is -2.04. The van der Waals surface area contributed by atoms with E-state index in [0.717, 1.165) is 13.0 Å². The van der Waals surface area contributed by atoms with E-state index in [1.807, 2.05) is 18.2 Å². The quantitative estimate of drug-likeness (QED) is 0.891. The van der Waals surface area contributed by atoms with E-state index < -0.39 is 0 Å². The van der Waals surface area contributed by atoms with Crippen molar-refractivity contribution in [1.29, 1.82) is 0 Å². The molecule has 1 N–H and O–H groups in total. The van der Waals surface area contributed by atoms with Gasteiger partial charge < -0.3 is 9.84 Å². The molecule has 0 spiro atoms. The number of hydrogen-bond acceptors (Lipinski definition) is 4. The summed E-state index contributed by atoms with van der Waals surface area (Å²) in [5.74, 6) is 0.650. The molecule has 1 aromatic heterocycles. The third kappa shape index (κ3) is 3.55.